The van der Waals surface area contributed by atoms with Crippen LogP contribution in [0.5, 0.6) is 17.2 Å². The van der Waals surface area contributed by atoms with Crippen LogP contribution in [-0.4, -0.2) is 37.6 Å². The molecule has 3 rings (SSSR count). The quantitative estimate of drug-likeness (QED) is 0.710. The summed E-state index contributed by atoms with van der Waals surface area (Å²) in [6.07, 6.45) is 2.72. The van der Waals surface area contributed by atoms with Crippen molar-refractivity contribution in [2.75, 3.05) is 26.9 Å². The monoisotopic (exact) mass is 357 g/mol. The molecule has 0 amide bonds. The third-order valence-corrected chi connectivity index (χ3v) is 4.97. The van der Waals surface area contributed by atoms with Gasteiger partial charge >= 0.3 is 0 Å². The van der Waals surface area contributed by atoms with E-state index in [0.717, 1.165) is 36.5 Å². The van der Waals surface area contributed by atoms with Crippen molar-refractivity contribution >= 4 is 0 Å². The Labute approximate surface area is 154 Å². The number of nitrogens with two attached hydrogens (primary N) is 1. The molecule has 0 aliphatic heterocycles. The third-order valence-electron chi connectivity index (χ3n) is 4.97. The Balaban J connectivity index is 1.44. The van der Waals surface area contributed by atoms with E-state index in [4.69, 9.17) is 19.9 Å². The van der Waals surface area contributed by atoms with Crippen LogP contribution in [-0.2, 0) is 0 Å². The number of methoxy groups -OCH3 is 1. The van der Waals surface area contributed by atoms with Crippen LogP contribution in [0.25, 0.3) is 0 Å². The average molecular weight is 357 g/mol. The van der Waals surface area contributed by atoms with Crippen molar-refractivity contribution in [2.24, 2.45) is 5.73 Å². The second kappa shape index (κ2) is 8.43. The van der Waals surface area contributed by atoms with Gasteiger partial charge in [-0.2, -0.15) is 0 Å². The van der Waals surface area contributed by atoms with Gasteiger partial charge in [0.2, 0.25) is 0 Å². The van der Waals surface area contributed by atoms with Gasteiger partial charge in [-0.15, -0.1) is 0 Å². The lowest BCUT2D eigenvalue weighted by Crippen LogP contribution is -2.40. The van der Waals surface area contributed by atoms with Gasteiger partial charge in [-0.05, 0) is 55.0 Å². The maximum atomic E-state index is 9.40. The molecule has 0 spiro atoms. The zero-order chi connectivity index (χ0) is 18.4. The van der Waals surface area contributed by atoms with Crippen LogP contribution in [0.1, 0.15) is 30.7 Å². The maximum absolute atomic E-state index is 9.40. The summed E-state index contributed by atoms with van der Waals surface area (Å²) in [6, 6.07) is 15.7. The molecule has 0 heterocycles. The lowest BCUT2D eigenvalue weighted by molar-refractivity contribution is 0.198. The summed E-state index contributed by atoms with van der Waals surface area (Å²) in [6.45, 7) is 0.984. The molecule has 5 heteroatoms. The molecule has 0 saturated heterocycles. The minimum absolute atomic E-state index is 0.0536. The number of benzene rings is 2. The fourth-order valence-electron chi connectivity index (χ4n) is 3.43. The molecule has 2 atom stereocenters. The Morgan fingerprint density at radius 2 is 1.73 bits per heavy atom. The average Bonchev–Trinajstić information content (AvgIpc) is 3.09. The van der Waals surface area contributed by atoms with E-state index in [0.29, 0.717) is 19.1 Å². The summed E-state index contributed by atoms with van der Waals surface area (Å²) >= 11 is 0. The second-order valence-corrected chi connectivity index (χ2v) is 6.91. The number of rotatable bonds is 8. The predicted molar refractivity (Wildman–Crippen MR) is 101 cm³/mol. The molecule has 26 heavy (non-hydrogen) atoms. The van der Waals surface area contributed by atoms with Gasteiger partial charge in [0.05, 0.1) is 13.7 Å². The summed E-state index contributed by atoms with van der Waals surface area (Å²) in [5.74, 6) is 2.77. The molecule has 3 N–H and O–H groups in total. The fraction of sp³-hybridized carbons (Fsp3) is 0.429. The Bertz CT molecular complexity index is 703. The Morgan fingerprint density at radius 3 is 2.38 bits per heavy atom. The highest BCUT2D eigenvalue weighted by molar-refractivity contribution is 5.33. The van der Waals surface area contributed by atoms with E-state index < -0.39 is 5.54 Å². The van der Waals surface area contributed by atoms with Gasteiger partial charge in [-0.25, -0.2) is 0 Å². The predicted octanol–water partition coefficient (Wildman–Crippen LogP) is 3.11. The highest BCUT2D eigenvalue weighted by atomic mass is 16.5. The van der Waals surface area contributed by atoms with E-state index >= 15 is 0 Å². The smallest absolute Gasteiger partial charge is 0.123 e. The molecule has 2 aromatic carbocycles. The number of hydrogen-bond acceptors (Lipinski definition) is 5. The summed E-state index contributed by atoms with van der Waals surface area (Å²) in [5, 5.41) is 9.40. The van der Waals surface area contributed by atoms with Gasteiger partial charge in [-0.1, -0.05) is 18.2 Å². The number of hydrogen-bond donors (Lipinski definition) is 2. The number of aliphatic hydroxyl groups is 1. The van der Waals surface area contributed by atoms with E-state index in [2.05, 4.69) is 12.1 Å². The SMILES string of the molecule is COc1cccc(OCCOc2ccc([C@@H]3CC[C@](N)(CO)C3)cc2)c1. The Hall–Kier alpha value is -2.24. The molecular weight excluding hydrogens is 330 g/mol. The summed E-state index contributed by atoms with van der Waals surface area (Å²) in [4.78, 5) is 0. The van der Waals surface area contributed by atoms with Crippen LogP contribution in [0, 0.1) is 0 Å². The maximum Gasteiger partial charge on any atom is 0.123 e. The van der Waals surface area contributed by atoms with Gasteiger partial charge in [0.15, 0.2) is 0 Å². The lowest BCUT2D eigenvalue weighted by atomic mass is 9.94. The van der Waals surface area contributed by atoms with Gasteiger partial charge in [-0.3, -0.25) is 0 Å². The first-order valence-electron chi connectivity index (χ1n) is 9.01. The highest BCUT2D eigenvalue weighted by Gasteiger charge is 2.35. The Kier molecular flexibility index (Phi) is 6.01. The molecule has 0 radical (unpaired) electrons. The summed E-state index contributed by atoms with van der Waals surface area (Å²) < 4.78 is 16.6. The van der Waals surface area contributed by atoms with Gasteiger partial charge < -0.3 is 25.1 Å². The third kappa shape index (κ3) is 4.68. The topological polar surface area (TPSA) is 73.9 Å². The number of ether oxygens (including phenoxy) is 3. The fourth-order valence-corrected chi connectivity index (χ4v) is 3.43. The van der Waals surface area contributed by atoms with Crippen LogP contribution < -0.4 is 19.9 Å². The largest absolute Gasteiger partial charge is 0.497 e. The summed E-state index contributed by atoms with van der Waals surface area (Å²) in [7, 11) is 1.63. The van der Waals surface area contributed by atoms with Crippen LogP contribution in [0.3, 0.4) is 0 Å². The molecule has 140 valence electrons. The molecule has 1 aliphatic rings. The van der Waals surface area contributed by atoms with Crippen LogP contribution in [0.4, 0.5) is 0 Å². The van der Waals surface area contributed by atoms with E-state index in [1.165, 1.54) is 5.56 Å². The minimum atomic E-state index is -0.419. The molecule has 0 unspecified atom stereocenters. The van der Waals surface area contributed by atoms with Crippen molar-refractivity contribution < 1.29 is 19.3 Å². The van der Waals surface area contributed by atoms with Gasteiger partial charge in [0.25, 0.3) is 0 Å². The first-order valence-corrected chi connectivity index (χ1v) is 9.01. The molecular formula is C21H27NO4. The van der Waals surface area contributed by atoms with Crippen molar-refractivity contribution in [3.05, 3.63) is 54.1 Å². The normalized spacial score (nSPS) is 22.2. The first kappa shape index (κ1) is 18.5. The van der Waals surface area contributed by atoms with Gasteiger partial charge in [0.1, 0.15) is 30.5 Å². The van der Waals surface area contributed by atoms with Crippen molar-refractivity contribution in [1.82, 2.24) is 0 Å². The molecule has 5 nitrogen and oxygen atoms in total. The zero-order valence-electron chi connectivity index (χ0n) is 15.2. The molecule has 0 aromatic heterocycles. The molecule has 0 bridgehead atoms. The van der Waals surface area contributed by atoms with Gasteiger partial charge in [0, 0.05) is 11.6 Å². The summed E-state index contributed by atoms with van der Waals surface area (Å²) in [5.41, 5.74) is 7.00. The van der Waals surface area contributed by atoms with Crippen molar-refractivity contribution in [3.8, 4) is 17.2 Å². The van der Waals surface area contributed by atoms with Crippen molar-refractivity contribution in [1.29, 1.82) is 0 Å². The van der Waals surface area contributed by atoms with E-state index in [-0.39, 0.29) is 6.61 Å². The zero-order valence-corrected chi connectivity index (χ0v) is 15.2. The van der Waals surface area contributed by atoms with Crippen LogP contribution in [0.2, 0.25) is 0 Å². The van der Waals surface area contributed by atoms with Crippen LogP contribution >= 0.6 is 0 Å². The molecule has 2 aromatic rings. The van der Waals surface area contributed by atoms with Crippen LogP contribution in [0.15, 0.2) is 48.5 Å². The first-order chi connectivity index (χ1) is 12.6. The number of aliphatic hydroxyl groups excluding tert-OH is 1. The van der Waals surface area contributed by atoms with E-state index in [9.17, 15) is 5.11 Å². The molecule has 1 aliphatic carbocycles. The standard InChI is InChI=1S/C21H27NO4/c1-24-19-3-2-4-20(13-19)26-12-11-25-18-7-5-16(6-8-18)17-9-10-21(22,14-17)15-23/h2-8,13,17,23H,9-12,14-15,22H2,1H3/t17-,21-/m1/s1. The van der Waals surface area contributed by atoms with Crippen molar-refractivity contribution in [3.63, 3.8) is 0 Å². The van der Waals surface area contributed by atoms with E-state index in [1.807, 2.05) is 36.4 Å². The Morgan fingerprint density at radius 1 is 1.04 bits per heavy atom. The highest BCUT2D eigenvalue weighted by Crippen LogP contribution is 2.39. The van der Waals surface area contributed by atoms with E-state index in [1.54, 1.807) is 7.11 Å². The molecule has 1 fully saturated rings. The lowest BCUT2D eigenvalue weighted by Gasteiger charge is -2.21. The molecule has 1 saturated carbocycles. The second-order valence-electron chi connectivity index (χ2n) is 6.91. The minimum Gasteiger partial charge on any atom is -0.497 e. The van der Waals surface area contributed by atoms with Crippen molar-refractivity contribution in [2.45, 2.75) is 30.7 Å².